The van der Waals surface area contributed by atoms with E-state index in [0.717, 1.165) is 17.5 Å². The van der Waals surface area contributed by atoms with Gasteiger partial charge in [0.05, 0.1) is 0 Å². The van der Waals surface area contributed by atoms with Gasteiger partial charge < -0.3 is 33.7 Å². The van der Waals surface area contributed by atoms with Crippen molar-refractivity contribution in [1.29, 1.82) is 0 Å². The van der Waals surface area contributed by atoms with Crippen molar-refractivity contribution in [2.75, 3.05) is 18.4 Å². The first-order chi connectivity index (χ1) is 16.7. The van der Waals surface area contributed by atoms with Crippen molar-refractivity contribution in [3.05, 3.63) is 65.7 Å². The van der Waals surface area contributed by atoms with Gasteiger partial charge in [-0.1, -0.05) is 61.9 Å². The predicted octanol–water partition coefficient (Wildman–Crippen LogP) is -0.440. The van der Waals surface area contributed by atoms with Crippen molar-refractivity contribution in [3.63, 3.8) is 0 Å². The first-order valence-corrected chi connectivity index (χ1v) is 12.6. The molecular formula is C28H39ClN4O3. The molecule has 3 rings (SSSR count). The fraction of sp³-hybridized carbons (Fsp3) is 0.464. The minimum atomic E-state index is -0.693. The predicted molar refractivity (Wildman–Crippen MR) is 137 cm³/mol. The van der Waals surface area contributed by atoms with Crippen molar-refractivity contribution in [3.8, 4) is 0 Å². The van der Waals surface area contributed by atoms with E-state index in [1.54, 1.807) is 0 Å². The minimum absolute atomic E-state index is 0. The second kappa shape index (κ2) is 14.0. The molecule has 0 saturated carbocycles. The average Bonchev–Trinajstić information content (AvgIpc) is 2.84. The number of hydrogen-bond donors (Lipinski definition) is 3. The molecule has 1 saturated heterocycles. The zero-order valence-corrected chi connectivity index (χ0v) is 22.3. The molecule has 0 unspecified atom stereocenters. The molecule has 5 N–H and O–H groups in total. The van der Waals surface area contributed by atoms with Crippen LogP contribution < -0.4 is 28.8 Å². The fourth-order valence-corrected chi connectivity index (χ4v) is 4.51. The Balaban J connectivity index is 0.00000456. The number of quaternary nitrogens is 1. The van der Waals surface area contributed by atoms with E-state index in [-0.39, 0.29) is 42.1 Å². The SMILES string of the molecule is Cc1ccc(NC(=O)[C@H](Cc2ccccc2)NC(=O)C2CCN(C(=O)[C@@H]([NH3+])CC(C)C)CC2)cc1.[Cl-]. The molecule has 0 spiro atoms. The van der Waals surface area contributed by atoms with Gasteiger partial charge in [0.1, 0.15) is 6.04 Å². The molecule has 1 fully saturated rings. The first kappa shape index (κ1) is 29.3. The smallest absolute Gasteiger partial charge is 0.280 e. The number of halogens is 1. The third-order valence-electron chi connectivity index (χ3n) is 6.52. The number of likely N-dealkylation sites (tertiary alicyclic amines) is 1. The number of benzene rings is 2. The fourth-order valence-electron chi connectivity index (χ4n) is 4.51. The Morgan fingerprint density at radius 2 is 1.61 bits per heavy atom. The van der Waals surface area contributed by atoms with Gasteiger partial charge in [0.25, 0.3) is 5.91 Å². The average molecular weight is 515 g/mol. The van der Waals surface area contributed by atoms with Crippen molar-refractivity contribution in [2.24, 2.45) is 11.8 Å². The molecule has 2 aromatic carbocycles. The van der Waals surface area contributed by atoms with Crippen LogP contribution >= 0.6 is 0 Å². The number of hydrogen-bond acceptors (Lipinski definition) is 3. The van der Waals surface area contributed by atoms with Crippen LogP contribution in [0.2, 0.25) is 0 Å². The van der Waals surface area contributed by atoms with Crippen LogP contribution in [0, 0.1) is 18.8 Å². The van der Waals surface area contributed by atoms with Gasteiger partial charge in [0.15, 0.2) is 6.04 Å². The zero-order chi connectivity index (χ0) is 25.4. The molecule has 0 radical (unpaired) electrons. The Kier molecular flexibility index (Phi) is 11.4. The lowest BCUT2D eigenvalue weighted by molar-refractivity contribution is -0.408. The number of aryl methyl sites for hydroxylation is 1. The van der Waals surface area contributed by atoms with E-state index < -0.39 is 6.04 Å². The highest BCUT2D eigenvalue weighted by molar-refractivity contribution is 5.97. The Hall–Kier alpha value is -2.90. The second-order valence-corrected chi connectivity index (χ2v) is 10.0. The summed E-state index contributed by atoms with van der Waals surface area (Å²) < 4.78 is 0. The Morgan fingerprint density at radius 1 is 1.00 bits per heavy atom. The van der Waals surface area contributed by atoms with Gasteiger partial charge in [-0.15, -0.1) is 0 Å². The van der Waals surface area contributed by atoms with Crippen LogP contribution in [0.15, 0.2) is 54.6 Å². The molecule has 7 nitrogen and oxygen atoms in total. The second-order valence-electron chi connectivity index (χ2n) is 10.0. The summed E-state index contributed by atoms with van der Waals surface area (Å²) in [6.07, 6.45) is 2.34. The summed E-state index contributed by atoms with van der Waals surface area (Å²) >= 11 is 0. The molecule has 1 aliphatic heterocycles. The summed E-state index contributed by atoms with van der Waals surface area (Å²) in [5, 5.41) is 5.93. The van der Waals surface area contributed by atoms with Crippen molar-refractivity contribution < 1.29 is 32.5 Å². The number of nitrogens with one attached hydrogen (secondary N) is 2. The number of rotatable bonds is 9. The Bertz CT molecular complexity index is 990. The molecule has 1 aliphatic rings. The lowest BCUT2D eigenvalue weighted by Gasteiger charge is -2.33. The van der Waals surface area contributed by atoms with Crippen molar-refractivity contribution in [2.45, 2.75) is 58.5 Å². The number of anilines is 1. The minimum Gasteiger partial charge on any atom is -1.00 e. The first-order valence-electron chi connectivity index (χ1n) is 12.6. The van der Waals surface area contributed by atoms with Crippen LogP contribution in [-0.4, -0.2) is 47.8 Å². The van der Waals surface area contributed by atoms with E-state index in [0.29, 0.717) is 44.0 Å². The molecule has 2 aromatic rings. The summed E-state index contributed by atoms with van der Waals surface area (Å²) in [4.78, 5) is 40.8. The molecule has 36 heavy (non-hydrogen) atoms. The number of carbonyl (C=O) groups is 3. The molecular weight excluding hydrogens is 476 g/mol. The molecule has 2 atom stereocenters. The van der Waals surface area contributed by atoms with Gasteiger partial charge in [-0.05, 0) is 43.4 Å². The number of carbonyl (C=O) groups excluding carboxylic acids is 3. The summed E-state index contributed by atoms with van der Waals surface area (Å²) in [6, 6.07) is 16.3. The van der Waals surface area contributed by atoms with Gasteiger partial charge >= 0.3 is 0 Å². The van der Waals surface area contributed by atoms with E-state index in [4.69, 9.17) is 0 Å². The molecule has 0 aliphatic carbocycles. The lowest BCUT2D eigenvalue weighted by atomic mass is 9.94. The van der Waals surface area contributed by atoms with Crippen LogP contribution in [0.25, 0.3) is 0 Å². The number of piperidine rings is 1. The van der Waals surface area contributed by atoms with Gasteiger partial charge in [-0.2, -0.15) is 0 Å². The Labute approximate surface area is 220 Å². The maximum Gasteiger partial charge on any atom is 0.280 e. The standard InChI is InChI=1S/C28H38N4O3.ClH/c1-19(2)17-24(29)28(35)32-15-13-22(14-16-32)26(33)31-25(18-21-7-5-4-6-8-21)27(34)30-23-11-9-20(3)10-12-23;/h4-12,19,22,24-25H,13-18,29H2,1-3H3,(H,30,34)(H,31,33);1H/t24-,25-;/m0./s1. The zero-order valence-electron chi connectivity index (χ0n) is 21.5. The van der Waals surface area contributed by atoms with Crippen LogP contribution in [0.5, 0.6) is 0 Å². The van der Waals surface area contributed by atoms with Gasteiger partial charge in [-0.25, -0.2) is 0 Å². The number of amides is 3. The topological polar surface area (TPSA) is 106 Å². The molecule has 0 bridgehead atoms. The molecule has 8 heteroatoms. The van der Waals surface area contributed by atoms with E-state index in [1.807, 2.05) is 66.4 Å². The summed E-state index contributed by atoms with van der Waals surface area (Å²) in [5.74, 6) is -0.120. The largest absolute Gasteiger partial charge is 1.00 e. The third-order valence-corrected chi connectivity index (χ3v) is 6.52. The summed E-state index contributed by atoms with van der Waals surface area (Å²) in [7, 11) is 0. The van der Waals surface area contributed by atoms with E-state index in [1.165, 1.54) is 0 Å². The van der Waals surface area contributed by atoms with E-state index in [9.17, 15) is 14.4 Å². The van der Waals surface area contributed by atoms with Gasteiger partial charge in [0.2, 0.25) is 11.8 Å². The summed E-state index contributed by atoms with van der Waals surface area (Å²) in [6.45, 7) is 7.25. The van der Waals surface area contributed by atoms with Gasteiger partial charge in [0, 0.05) is 37.5 Å². The molecule has 1 heterocycles. The summed E-state index contributed by atoms with van der Waals surface area (Å²) in [5.41, 5.74) is 6.81. The highest BCUT2D eigenvalue weighted by atomic mass is 35.5. The van der Waals surface area contributed by atoms with Crippen LogP contribution in [0.3, 0.4) is 0 Å². The maximum atomic E-state index is 13.1. The van der Waals surface area contributed by atoms with Crippen LogP contribution in [0.1, 0.15) is 44.2 Å². The molecule has 196 valence electrons. The molecule has 3 amide bonds. The molecule has 0 aromatic heterocycles. The van der Waals surface area contributed by atoms with Crippen LogP contribution in [-0.2, 0) is 20.8 Å². The van der Waals surface area contributed by atoms with Crippen molar-refractivity contribution >= 4 is 23.4 Å². The normalized spacial score (nSPS) is 15.5. The third kappa shape index (κ3) is 8.64. The quantitative estimate of drug-likeness (QED) is 0.422. The van der Waals surface area contributed by atoms with E-state index in [2.05, 4.69) is 30.2 Å². The van der Waals surface area contributed by atoms with E-state index >= 15 is 0 Å². The maximum absolute atomic E-state index is 13.1. The van der Waals surface area contributed by atoms with Crippen LogP contribution in [0.4, 0.5) is 5.69 Å². The number of nitrogens with zero attached hydrogens (tertiary/aromatic N) is 1. The Morgan fingerprint density at radius 3 is 2.19 bits per heavy atom. The monoisotopic (exact) mass is 514 g/mol. The highest BCUT2D eigenvalue weighted by Crippen LogP contribution is 2.20. The van der Waals surface area contributed by atoms with Gasteiger partial charge in [-0.3, -0.25) is 14.4 Å². The lowest BCUT2D eigenvalue weighted by Crippen LogP contribution is -3.00. The highest BCUT2D eigenvalue weighted by Gasteiger charge is 2.32. The van der Waals surface area contributed by atoms with Crippen molar-refractivity contribution in [1.82, 2.24) is 10.2 Å².